The van der Waals surface area contributed by atoms with Crippen LogP contribution in [0, 0.1) is 0 Å². The number of carbonyl (C=O) groups excluding carboxylic acids is 1. The van der Waals surface area contributed by atoms with Crippen LogP contribution in [0.15, 0.2) is 77.1 Å². The molecule has 1 fully saturated rings. The molecule has 192 valence electrons. The van der Waals surface area contributed by atoms with Crippen molar-refractivity contribution in [2.45, 2.75) is 42.8 Å². The third kappa shape index (κ3) is 6.49. The number of nitrogens with one attached hydrogen (secondary N) is 2. The number of aliphatic hydroxyl groups excluding tert-OH is 1. The molecule has 5 rings (SSSR count). The summed E-state index contributed by atoms with van der Waals surface area (Å²) in [4.78, 5) is 16.8. The van der Waals surface area contributed by atoms with Crippen molar-refractivity contribution in [1.29, 1.82) is 0 Å². The average Bonchev–Trinajstić information content (AvgIpc) is 3.35. The fraction of sp³-hybridized carbons (Fsp3) is 0.286. The number of fused-ring (bicyclic) bond motifs is 1. The van der Waals surface area contributed by atoms with Crippen molar-refractivity contribution in [3.8, 4) is 0 Å². The SMILES string of the molecule is CCNC(=O)Nc1cccc([C@@H]2O[C@H](CSc3nc4ccccc4s3)C[C@H](c3ccc(CO)cc3)O2)c1. The van der Waals surface area contributed by atoms with Crippen molar-refractivity contribution in [3.63, 3.8) is 0 Å². The zero-order valence-electron chi connectivity index (χ0n) is 20.4. The summed E-state index contributed by atoms with van der Waals surface area (Å²) in [5, 5.41) is 15.0. The molecule has 37 heavy (non-hydrogen) atoms. The molecule has 0 spiro atoms. The fourth-order valence-corrected chi connectivity index (χ4v) is 6.31. The minimum Gasteiger partial charge on any atom is -0.392 e. The standard InChI is InChI=1S/C28H29N3O4S2/c1-2-29-27(33)30-21-7-5-6-20(14-21)26-34-22(15-24(35-26)19-12-10-18(16-32)11-13-19)17-36-28-31-23-8-3-4-9-25(23)37-28/h3-14,22,24,26,32H,2,15-17H2,1H3,(H2,29,30,33)/t22-,24+,26+/m0/s1. The van der Waals surface area contributed by atoms with Crippen molar-refractivity contribution in [2.75, 3.05) is 17.6 Å². The van der Waals surface area contributed by atoms with Crippen LogP contribution in [0.1, 0.15) is 42.4 Å². The van der Waals surface area contributed by atoms with E-state index in [1.165, 1.54) is 4.70 Å². The smallest absolute Gasteiger partial charge is 0.319 e. The Hall–Kier alpha value is -2.95. The molecule has 0 unspecified atom stereocenters. The maximum absolute atomic E-state index is 12.0. The van der Waals surface area contributed by atoms with E-state index < -0.39 is 6.29 Å². The molecule has 2 heterocycles. The first-order chi connectivity index (χ1) is 18.1. The number of thiazole rings is 1. The molecule has 0 saturated carbocycles. The average molecular weight is 536 g/mol. The minimum absolute atomic E-state index is 0.00434. The summed E-state index contributed by atoms with van der Waals surface area (Å²) in [6.07, 6.45) is -0.136. The Kier molecular flexibility index (Phi) is 8.38. The molecule has 0 bridgehead atoms. The number of thioether (sulfide) groups is 1. The molecule has 1 aromatic heterocycles. The normalized spacial score (nSPS) is 19.6. The summed E-state index contributed by atoms with van der Waals surface area (Å²) in [5.74, 6) is 0.738. The first kappa shape index (κ1) is 25.7. The lowest BCUT2D eigenvalue weighted by atomic mass is 10.0. The van der Waals surface area contributed by atoms with E-state index in [1.807, 2.05) is 73.7 Å². The second-order valence-corrected chi connectivity index (χ2v) is 11.0. The zero-order valence-corrected chi connectivity index (χ0v) is 22.1. The van der Waals surface area contributed by atoms with Gasteiger partial charge in [0.1, 0.15) is 0 Å². The summed E-state index contributed by atoms with van der Waals surface area (Å²) in [6.45, 7) is 2.43. The van der Waals surface area contributed by atoms with Gasteiger partial charge in [-0.05, 0) is 42.3 Å². The summed E-state index contributed by atoms with van der Waals surface area (Å²) >= 11 is 3.39. The highest BCUT2D eigenvalue weighted by Crippen LogP contribution is 2.40. The number of ether oxygens (including phenoxy) is 2. The third-order valence-electron chi connectivity index (χ3n) is 6.04. The van der Waals surface area contributed by atoms with E-state index >= 15 is 0 Å². The third-order valence-corrected chi connectivity index (χ3v) is 8.35. The van der Waals surface area contributed by atoms with Gasteiger partial charge in [-0.2, -0.15) is 0 Å². The lowest BCUT2D eigenvalue weighted by molar-refractivity contribution is -0.245. The van der Waals surface area contributed by atoms with Gasteiger partial charge in [0, 0.05) is 30.0 Å². The predicted molar refractivity (Wildman–Crippen MR) is 148 cm³/mol. The molecule has 3 aromatic carbocycles. The van der Waals surface area contributed by atoms with E-state index in [-0.39, 0.29) is 24.8 Å². The highest BCUT2D eigenvalue weighted by molar-refractivity contribution is 8.01. The maximum atomic E-state index is 12.0. The summed E-state index contributed by atoms with van der Waals surface area (Å²) in [5.41, 5.74) is 4.42. The number of urea groups is 1. The topological polar surface area (TPSA) is 92.7 Å². The highest BCUT2D eigenvalue weighted by Gasteiger charge is 2.32. The molecule has 0 radical (unpaired) electrons. The van der Waals surface area contributed by atoms with Crippen LogP contribution in [-0.4, -0.2) is 34.5 Å². The summed E-state index contributed by atoms with van der Waals surface area (Å²) < 4.78 is 15.1. The number of hydrogen-bond donors (Lipinski definition) is 3. The van der Waals surface area contributed by atoms with Gasteiger partial charge < -0.3 is 25.2 Å². The fourth-order valence-electron chi connectivity index (χ4n) is 4.20. The number of para-hydroxylation sites is 1. The lowest BCUT2D eigenvalue weighted by Gasteiger charge is -2.36. The van der Waals surface area contributed by atoms with Gasteiger partial charge in [0.05, 0.1) is 29.0 Å². The molecule has 9 heteroatoms. The van der Waals surface area contributed by atoms with Crippen LogP contribution in [-0.2, 0) is 16.1 Å². The van der Waals surface area contributed by atoms with Crippen LogP contribution in [0.4, 0.5) is 10.5 Å². The van der Waals surface area contributed by atoms with Crippen LogP contribution in [0.2, 0.25) is 0 Å². The van der Waals surface area contributed by atoms with Crippen molar-refractivity contribution < 1.29 is 19.4 Å². The zero-order chi connectivity index (χ0) is 25.6. The molecule has 0 aliphatic carbocycles. The van der Waals surface area contributed by atoms with E-state index in [0.717, 1.165) is 32.3 Å². The number of amides is 2. The van der Waals surface area contributed by atoms with Crippen LogP contribution in [0.5, 0.6) is 0 Å². The molecular formula is C28H29N3O4S2. The van der Waals surface area contributed by atoms with Crippen molar-refractivity contribution in [3.05, 3.63) is 89.5 Å². The van der Waals surface area contributed by atoms with Gasteiger partial charge in [-0.3, -0.25) is 0 Å². The molecule has 7 nitrogen and oxygen atoms in total. The number of aliphatic hydroxyl groups is 1. The van der Waals surface area contributed by atoms with Crippen molar-refractivity contribution in [2.24, 2.45) is 0 Å². The van der Waals surface area contributed by atoms with Gasteiger partial charge in [-0.25, -0.2) is 9.78 Å². The number of hydrogen-bond acceptors (Lipinski definition) is 7. The maximum Gasteiger partial charge on any atom is 0.319 e. The van der Waals surface area contributed by atoms with Crippen LogP contribution >= 0.6 is 23.1 Å². The van der Waals surface area contributed by atoms with Gasteiger partial charge in [-0.15, -0.1) is 11.3 Å². The van der Waals surface area contributed by atoms with Gasteiger partial charge in [0.2, 0.25) is 0 Å². The number of anilines is 1. The van der Waals surface area contributed by atoms with E-state index in [0.29, 0.717) is 18.7 Å². The van der Waals surface area contributed by atoms with Crippen molar-refractivity contribution >= 4 is 45.0 Å². The van der Waals surface area contributed by atoms with Crippen LogP contribution in [0.25, 0.3) is 10.2 Å². The summed E-state index contributed by atoms with van der Waals surface area (Å²) in [6, 6.07) is 23.3. The number of carbonyl (C=O) groups is 1. The largest absolute Gasteiger partial charge is 0.392 e. The Morgan fingerprint density at radius 2 is 1.92 bits per heavy atom. The molecular weight excluding hydrogens is 506 g/mol. The Morgan fingerprint density at radius 3 is 2.70 bits per heavy atom. The van der Waals surface area contributed by atoms with E-state index in [4.69, 9.17) is 14.5 Å². The molecule has 4 aromatic rings. The van der Waals surface area contributed by atoms with E-state index in [2.05, 4.69) is 16.7 Å². The van der Waals surface area contributed by atoms with Gasteiger partial charge in [-0.1, -0.05) is 60.3 Å². The Labute approximate surface area is 224 Å². The molecule has 2 amide bonds. The molecule has 3 atom stereocenters. The van der Waals surface area contributed by atoms with E-state index in [9.17, 15) is 9.90 Å². The van der Waals surface area contributed by atoms with Gasteiger partial charge >= 0.3 is 6.03 Å². The Bertz CT molecular complexity index is 1310. The Balaban J connectivity index is 1.35. The van der Waals surface area contributed by atoms with Gasteiger partial charge in [0.15, 0.2) is 10.6 Å². The van der Waals surface area contributed by atoms with Crippen LogP contribution < -0.4 is 10.6 Å². The first-order valence-electron chi connectivity index (χ1n) is 12.2. The number of benzene rings is 3. The first-order valence-corrected chi connectivity index (χ1v) is 14.0. The minimum atomic E-state index is -0.590. The molecule has 3 N–H and O–H groups in total. The second-order valence-electron chi connectivity index (χ2n) is 8.72. The highest BCUT2D eigenvalue weighted by atomic mass is 32.2. The van der Waals surface area contributed by atoms with Gasteiger partial charge in [0.25, 0.3) is 0 Å². The monoisotopic (exact) mass is 535 g/mol. The number of nitrogens with zero attached hydrogens (tertiary/aromatic N) is 1. The van der Waals surface area contributed by atoms with Crippen LogP contribution in [0.3, 0.4) is 0 Å². The molecule has 1 aliphatic rings. The second kappa shape index (κ2) is 12.1. The Morgan fingerprint density at radius 1 is 1.08 bits per heavy atom. The van der Waals surface area contributed by atoms with Crippen molar-refractivity contribution in [1.82, 2.24) is 10.3 Å². The van der Waals surface area contributed by atoms with E-state index in [1.54, 1.807) is 23.1 Å². The quantitative estimate of drug-likeness (QED) is 0.230. The predicted octanol–water partition coefficient (Wildman–Crippen LogP) is 6.27. The molecule has 1 saturated heterocycles. The molecule has 1 aliphatic heterocycles. The number of rotatable bonds is 8. The lowest BCUT2D eigenvalue weighted by Crippen LogP contribution is -2.31. The summed E-state index contributed by atoms with van der Waals surface area (Å²) in [7, 11) is 0. The number of aromatic nitrogens is 1.